The molecule has 0 fully saturated rings. The number of benzene rings is 1. The minimum atomic E-state index is 0.527. The van der Waals surface area contributed by atoms with Crippen LogP contribution in [0.4, 0.5) is 0 Å². The predicted molar refractivity (Wildman–Crippen MR) is 81.0 cm³/mol. The summed E-state index contributed by atoms with van der Waals surface area (Å²) in [6.07, 6.45) is 0. The summed E-state index contributed by atoms with van der Waals surface area (Å²) in [5.41, 5.74) is 9.19. The van der Waals surface area contributed by atoms with Crippen LogP contribution in [-0.2, 0) is 6.54 Å². The van der Waals surface area contributed by atoms with Crippen LogP contribution in [0.2, 0.25) is 0 Å². The van der Waals surface area contributed by atoms with Crippen LogP contribution in [-0.4, -0.2) is 30.0 Å². The molecule has 2 aromatic rings. The molecule has 0 amide bonds. The first-order valence-corrected chi connectivity index (χ1v) is 6.84. The number of nitrogens with two attached hydrogens (primary N) is 1. The van der Waals surface area contributed by atoms with E-state index in [1.54, 1.807) is 0 Å². The van der Waals surface area contributed by atoms with E-state index in [1.807, 2.05) is 6.07 Å². The lowest BCUT2D eigenvalue weighted by molar-refractivity contribution is 0.283. The normalized spacial score (nSPS) is 13.1. The number of nitrogens with zero attached hydrogens (tertiary/aromatic N) is 2. The van der Waals surface area contributed by atoms with Gasteiger partial charge in [0.25, 0.3) is 0 Å². The molecule has 1 heterocycles. The lowest BCUT2D eigenvalue weighted by atomic mass is 10.1. The molecule has 1 aromatic carbocycles. The van der Waals surface area contributed by atoms with Crippen LogP contribution >= 0.6 is 0 Å². The van der Waals surface area contributed by atoms with Crippen molar-refractivity contribution in [2.24, 2.45) is 11.7 Å². The summed E-state index contributed by atoms with van der Waals surface area (Å²) >= 11 is 0. The molecule has 2 rings (SSSR count). The van der Waals surface area contributed by atoms with Crippen molar-refractivity contribution >= 4 is 10.9 Å². The topological polar surface area (TPSA) is 42.1 Å². The summed E-state index contributed by atoms with van der Waals surface area (Å²) in [7, 11) is 2.15. The van der Waals surface area contributed by atoms with Crippen molar-refractivity contribution in [1.82, 2.24) is 9.88 Å². The summed E-state index contributed by atoms with van der Waals surface area (Å²) < 4.78 is 0. The lowest BCUT2D eigenvalue weighted by Gasteiger charge is -2.21. The van der Waals surface area contributed by atoms with Gasteiger partial charge in [0.05, 0.1) is 5.52 Å². The zero-order valence-corrected chi connectivity index (χ0v) is 12.1. The molecular formula is C16H23N3. The molecule has 0 spiro atoms. The van der Waals surface area contributed by atoms with Crippen molar-refractivity contribution < 1.29 is 0 Å². The fourth-order valence-corrected chi connectivity index (χ4v) is 2.49. The van der Waals surface area contributed by atoms with Crippen molar-refractivity contribution in [3.8, 4) is 0 Å². The number of rotatable bonds is 5. The number of aromatic nitrogens is 1. The van der Waals surface area contributed by atoms with Gasteiger partial charge in [-0.3, -0.25) is 4.98 Å². The molecule has 0 aliphatic rings. The third-order valence-electron chi connectivity index (χ3n) is 3.40. The van der Waals surface area contributed by atoms with Crippen LogP contribution < -0.4 is 5.73 Å². The third kappa shape index (κ3) is 3.52. The van der Waals surface area contributed by atoms with Crippen molar-refractivity contribution in [1.29, 1.82) is 0 Å². The zero-order valence-electron chi connectivity index (χ0n) is 12.1. The molecule has 102 valence electrons. The third-order valence-corrected chi connectivity index (χ3v) is 3.40. The Bertz CT molecular complexity index is 551. The van der Waals surface area contributed by atoms with Crippen molar-refractivity contribution in [3.05, 3.63) is 41.6 Å². The maximum Gasteiger partial charge on any atom is 0.0708 e. The van der Waals surface area contributed by atoms with E-state index in [-0.39, 0.29) is 0 Å². The molecule has 1 unspecified atom stereocenters. The summed E-state index contributed by atoms with van der Waals surface area (Å²) in [5, 5.41) is 1.25. The van der Waals surface area contributed by atoms with Crippen molar-refractivity contribution in [3.63, 3.8) is 0 Å². The number of aryl methyl sites for hydroxylation is 1. The van der Waals surface area contributed by atoms with Crippen LogP contribution in [0, 0.1) is 12.8 Å². The van der Waals surface area contributed by atoms with Crippen molar-refractivity contribution in [2.75, 3.05) is 20.1 Å². The Labute approximate surface area is 115 Å². The molecule has 0 saturated carbocycles. The first-order valence-electron chi connectivity index (χ1n) is 6.84. The minimum absolute atomic E-state index is 0.527. The molecule has 0 saturated heterocycles. The van der Waals surface area contributed by atoms with Gasteiger partial charge in [-0.2, -0.15) is 0 Å². The SMILES string of the molecule is Cc1cc(CN(C)CC(C)CN)c2ccccc2n1. The molecule has 0 aliphatic heterocycles. The van der Waals surface area contributed by atoms with Gasteiger partial charge < -0.3 is 10.6 Å². The molecule has 0 radical (unpaired) electrons. The second-order valence-corrected chi connectivity index (χ2v) is 5.48. The fraction of sp³-hybridized carbons (Fsp3) is 0.438. The molecule has 0 bridgehead atoms. The minimum Gasteiger partial charge on any atom is -0.330 e. The number of para-hydroxylation sites is 1. The first-order chi connectivity index (χ1) is 9.10. The zero-order chi connectivity index (χ0) is 13.8. The molecule has 1 aromatic heterocycles. The van der Waals surface area contributed by atoms with Gasteiger partial charge in [0.1, 0.15) is 0 Å². The Hall–Kier alpha value is -1.45. The number of hydrogen-bond donors (Lipinski definition) is 1. The van der Waals surface area contributed by atoms with Crippen LogP contribution in [0.1, 0.15) is 18.2 Å². The van der Waals surface area contributed by atoms with Crippen LogP contribution in [0.25, 0.3) is 10.9 Å². The van der Waals surface area contributed by atoms with Gasteiger partial charge in [0.2, 0.25) is 0 Å². The Balaban J connectivity index is 2.24. The Kier molecular flexibility index (Phi) is 4.51. The van der Waals surface area contributed by atoms with E-state index in [2.05, 4.69) is 55.0 Å². The molecule has 2 N–H and O–H groups in total. The van der Waals surface area contributed by atoms with Crippen LogP contribution in [0.15, 0.2) is 30.3 Å². The van der Waals surface area contributed by atoms with Gasteiger partial charge in [-0.1, -0.05) is 25.1 Å². The van der Waals surface area contributed by atoms with Gasteiger partial charge in [0.15, 0.2) is 0 Å². The average Bonchev–Trinajstić information content (AvgIpc) is 2.38. The molecule has 0 aliphatic carbocycles. The molecular weight excluding hydrogens is 234 g/mol. The van der Waals surface area contributed by atoms with E-state index in [0.29, 0.717) is 5.92 Å². The van der Waals surface area contributed by atoms with Crippen molar-refractivity contribution in [2.45, 2.75) is 20.4 Å². The molecule has 3 nitrogen and oxygen atoms in total. The van der Waals surface area contributed by atoms with Crippen LogP contribution in [0.3, 0.4) is 0 Å². The molecule has 19 heavy (non-hydrogen) atoms. The second-order valence-electron chi connectivity index (χ2n) is 5.48. The van der Waals surface area contributed by atoms with Gasteiger partial charge in [-0.05, 0) is 44.1 Å². The van der Waals surface area contributed by atoms with E-state index in [4.69, 9.17) is 5.73 Å². The number of fused-ring (bicyclic) bond motifs is 1. The highest BCUT2D eigenvalue weighted by molar-refractivity contribution is 5.82. The van der Waals surface area contributed by atoms with Crippen LogP contribution in [0.5, 0.6) is 0 Å². The highest BCUT2D eigenvalue weighted by Crippen LogP contribution is 2.19. The quantitative estimate of drug-likeness (QED) is 0.895. The Morgan fingerprint density at radius 2 is 2.05 bits per heavy atom. The van der Waals surface area contributed by atoms with Gasteiger partial charge in [-0.25, -0.2) is 0 Å². The Morgan fingerprint density at radius 1 is 1.32 bits per heavy atom. The van der Waals surface area contributed by atoms with Gasteiger partial charge in [0, 0.05) is 24.2 Å². The highest BCUT2D eigenvalue weighted by Gasteiger charge is 2.09. The molecule has 3 heteroatoms. The van der Waals surface area contributed by atoms with E-state index in [1.165, 1.54) is 10.9 Å². The summed E-state index contributed by atoms with van der Waals surface area (Å²) in [5.74, 6) is 0.527. The van der Waals surface area contributed by atoms with Gasteiger partial charge in [-0.15, -0.1) is 0 Å². The largest absolute Gasteiger partial charge is 0.330 e. The average molecular weight is 257 g/mol. The lowest BCUT2D eigenvalue weighted by Crippen LogP contribution is -2.28. The maximum atomic E-state index is 5.69. The summed E-state index contributed by atoms with van der Waals surface area (Å²) in [4.78, 5) is 6.91. The first kappa shape index (κ1) is 14.0. The maximum absolute atomic E-state index is 5.69. The predicted octanol–water partition coefficient (Wildman–Crippen LogP) is 2.57. The fourth-order valence-electron chi connectivity index (χ4n) is 2.49. The molecule has 1 atom stereocenters. The number of pyridine rings is 1. The van der Waals surface area contributed by atoms with Gasteiger partial charge >= 0.3 is 0 Å². The smallest absolute Gasteiger partial charge is 0.0708 e. The van der Waals surface area contributed by atoms with E-state index >= 15 is 0 Å². The standard InChI is InChI=1S/C16H23N3/c1-12(9-17)10-19(3)11-14-8-13(2)18-16-7-5-4-6-15(14)16/h4-8,12H,9-11,17H2,1-3H3. The van der Waals surface area contributed by atoms with E-state index < -0.39 is 0 Å². The van der Waals surface area contributed by atoms with E-state index in [0.717, 1.165) is 30.8 Å². The second kappa shape index (κ2) is 6.13. The summed E-state index contributed by atoms with van der Waals surface area (Å²) in [6, 6.07) is 10.5. The Morgan fingerprint density at radius 3 is 2.79 bits per heavy atom. The number of hydrogen-bond acceptors (Lipinski definition) is 3. The highest BCUT2D eigenvalue weighted by atomic mass is 15.1. The van der Waals surface area contributed by atoms with E-state index in [9.17, 15) is 0 Å². The summed E-state index contributed by atoms with van der Waals surface area (Å²) in [6.45, 7) is 6.94. The monoisotopic (exact) mass is 257 g/mol.